The summed E-state index contributed by atoms with van der Waals surface area (Å²) in [6.45, 7) is 8.78. The molecule has 6 heteroatoms. The lowest BCUT2D eigenvalue weighted by Gasteiger charge is -2.23. The van der Waals surface area contributed by atoms with Crippen molar-refractivity contribution >= 4 is 21.4 Å². The quantitative estimate of drug-likeness (QED) is 0.630. The van der Waals surface area contributed by atoms with Crippen molar-refractivity contribution in [2.45, 2.75) is 51.0 Å². The van der Waals surface area contributed by atoms with Crippen molar-refractivity contribution in [2.24, 2.45) is 5.92 Å². The van der Waals surface area contributed by atoms with E-state index in [2.05, 4.69) is 62.6 Å². The molecule has 0 fully saturated rings. The van der Waals surface area contributed by atoms with Gasteiger partial charge in [-0.2, -0.15) is 0 Å². The zero-order chi connectivity index (χ0) is 21.6. The SMILES string of the molecule is CC[C@H](C)c1ccc([C@@H](NCC(=O)Nc2cccc(S(C)(=O)=O)c2)C(C)C)cc1. The van der Waals surface area contributed by atoms with Crippen LogP contribution in [0.3, 0.4) is 0 Å². The predicted molar refractivity (Wildman–Crippen MR) is 119 cm³/mol. The zero-order valence-corrected chi connectivity index (χ0v) is 18.7. The van der Waals surface area contributed by atoms with Gasteiger partial charge < -0.3 is 10.6 Å². The monoisotopic (exact) mass is 416 g/mol. The van der Waals surface area contributed by atoms with Gasteiger partial charge in [-0.1, -0.05) is 58.0 Å². The maximum atomic E-state index is 12.4. The van der Waals surface area contributed by atoms with Gasteiger partial charge in [0.25, 0.3) is 0 Å². The van der Waals surface area contributed by atoms with Gasteiger partial charge in [-0.15, -0.1) is 0 Å². The summed E-state index contributed by atoms with van der Waals surface area (Å²) in [5.41, 5.74) is 2.94. The van der Waals surface area contributed by atoms with Crippen LogP contribution in [-0.2, 0) is 14.6 Å². The van der Waals surface area contributed by atoms with Gasteiger partial charge in [-0.05, 0) is 47.6 Å². The van der Waals surface area contributed by atoms with Gasteiger partial charge in [0, 0.05) is 18.0 Å². The van der Waals surface area contributed by atoms with E-state index in [0.29, 0.717) is 17.5 Å². The van der Waals surface area contributed by atoms with Crippen LogP contribution >= 0.6 is 0 Å². The van der Waals surface area contributed by atoms with Gasteiger partial charge in [-0.3, -0.25) is 4.79 Å². The Balaban J connectivity index is 2.03. The smallest absolute Gasteiger partial charge is 0.238 e. The molecule has 2 rings (SSSR count). The van der Waals surface area contributed by atoms with E-state index in [1.54, 1.807) is 12.1 Å². The standard InChI is InChI=1S/C23H32N2O3S/c1-6-17(4)18-10-12-19(13-11-18)23(16(2)3)24-15-22(26)25-20-8-7-9-21(14-20)29(5,27)28/h7-14,16-17,23-24H,6,15H2,1-5H3,(H,25,26)/t17-,23-/m0/s1. The third kappa shape index (κ3) is 6.68. The van der Waals surface area contributed by atoms with Crippen LogP contribution in [0, 0.1) is 5.92 Å². The minimum Gasteiger partial charge on any atom is -0.325 e. The molecule has 0 aliphatic rings. The minimum atomic E-state index is -3.31. The number of rotatable bonds is 9. The molecule has 0 heterocycles. The maximum absolute atomic E-state index is 12.4. The number of nitrogens with one attached hydrogen (secondary N) is 2. The van der Waals surface area contributed by atoms with E-state index >= 15 is 0 Å². The van der Waals surface area contributed by atoms with Crippen molar-refractivity contribution in [1.82, 2.24) is 5.32 Å². The van der Waals surface area contributed by atoms with Gasteiger partial charge >= 0.3 is 0 Å². The summed E-state index contributed by atoms with van der Waals surface area (Å²) in [6, 6.07) is 14.9. The van der Waals surface area contributed by atoms with E-state index in [-0.39, 0.29) is 23.4 Å². The molecule has 29 heavy (non-hydrogen) atoms. The number of sulfone groups is 1. The highest BCUT2D eigenvalue weighted by Gasteiger charge is 2.17. The van der Waals surface area contributed by atoms with Crippen LogP contribution in [0.25, 0.3) is 0 Å². The molecular weight excluding hydrogens is 384 g/mol. The molecule has 5 nitrogen and oxygen atoms in total. The van der Waals surface area contributed by atoms with E-state index in [4.69, 9.17) is 0 Å². The van der Waals surface area contributed by atoms with Crippen molar-refractivity contribution in [3.05, 3.63) is 59.7 Å². The second kappa shape index (κ2) is 10.0. The fraction of sp³-hybridized carbons (Fsp3) is 0.435. The number of benzene rings is 2. The van der Waals surface area contributed by atoms with Gasteiger partial charge in [0.15, 0.2) is 9.84 Å². The Morgan fingerprint density at radius 1 is 1.00 bits per heavy atom. The van der Waals surface area contributed by atoms with Crippen molar-refractivity contribution < 1.29 is 13.2 Å². The molecule has 1 amide bonds. The highest BCUT2D eigenvalue weighted by atomic mass is 32.2. The van der Waals surface area contributed by atoms with Crippen LogP contribution in [0.15, 0.2) is 53.4 Å². The summed E-state index contributed by atoms with van der Waals surface area (Å²) < 4.78 is 23.4. The Morgan fingerprint density at radius 2 is 1.62 bits per heavy atom. The Kier molecular flexibility index (Phi) is 7.99. The number of carbonyl (C=O) groups excluding carboxylic acids is 1. The highest BCUT2D eigenvalue weighted by molar-refractivity contribution is 7.90. The summed E-state index contributed by atoms with van der Waals surface area (Å²) in [6.07, 6.45) is 2.25. The first kappa shape index (κ1) is 23.1. The van der Waals surface area contributed by atoms with Crippen molar-refractivity contribution in [2.75, 3.05) is 18.1 Å². The Labute approximate surface area is 174 Å². The molecule has 2 aromatic carbocycles. The maximum Gasteiger partial charge on any atom is 0.238 e. The van der Waals surface area contributed by atoms with E-state index in [9.17, 15) is 13.2 Å². The third-order valence-electron chi connectivity index (χ3n) is 5.17. The van der Waals surface area contributed by atoms with E-state index in [0.717, 1.165) is 18.2 Å². The summed E-state index contributed by atoms with van der Waals surface area (Å²) in [5, 5.41) is 6.10. The lowest BCUT2D eigenvalue weighted by molar-refractivity contribution is -0.115. The molecule has 0 bridgehead atoms. The summed E-state index contributed by atoms with van der Waals surface area (Å²) in [7, 11) is -3.31. The molecule has 0 aliphatic carbocycles. The summed E-state index contributed by atoms with van der Waals surface area (Å²) >= 11 is 0. The number of hydrogen-bond donors (Lipinski definition) is 2. The number of amides is 1. The summed E-state index contributed by atoms with van der Waals surface area (Å²) in [4.78, 5) is 12.6. The highest BCUT2D eigenvalue weighted by Crippen LogP contribution is 2.25. The fourth-order valence-corrected chi connectivity index (χ4v) is 3.89. The first-order valence-electron chi connectivity index (χ1n) is 10.0. The van der Waals surface area contributed by atoms with Crippen molar-refractivity contribution in [3.63, 3.8) is 0 Å². The van der Waals surface area contributed by atoms with Gasteiger partial charge in [0.1, 0.15) is 0 Å². The van der Waals surface area contributed by atoms with Crippen LogP contribution in [-0.4, -0.2) is 27.1 Å². The minimum absolute atomic E-state index is 0.0501. The van der Waals surface area contributed by atoms with Crippen LogP contribution in [0.4, 0.5) is 5.69 Å². The normalized spacial score (nSPS) is 13.9. The topological polar surface area (TPSA) is 75.3 Å². The average molecular weight is 417 g/mol. The molecule has 0 aliphatic heterocycles. The van der Waals surface area contributed by atoms with E-state index < -0.39 is 9.84 Å². The first-order chi connectivity index (χ1) is 13.6. The van der Waals surface area contributed by atoms with Crippen LogP contribution in [0.5, 0.6) is 0 Å². The molecule has 0 spiro atoms. The molecule has 0 radical (unpaired) electrons. The van der Waals surface area contributed by atoms with E-state index in [1.807, 2.05) is 0 Å². The largest absolute Gasteiger partial charge is 0.325 e. The molecule has 0 saturated carbocycles. The number of carbonyl (C=O) groups is 1. The lowest BCUT2D eigenvalue weighted by atomic mass is 9.92. The Hall–Kier alpha value is -2.18. The van der Waals surface area contributed by atoms with Crippen LogP contribution in [0.2, 0.25) is 0 Å². The van der Waals surface area contributed by atoms with Gasteiger partial charge in [0.05, 0.1) is 11.4 Å². The molecule has 0 saturated heterocycles. The average Bonchev–Trinajstić information content (AvgIpc) is 2.67. The lowest BCUT2D eigenvalue weighted by Crippen LogP contribution is -2.33. The molecular formula is C23H32N2O3S. The molecule has 0 aromatic heterocycles. The van der Waals surface area contributed by atoms with Crippen LogP contribution < -0.4 is 10.6 Å². The molecule has 0 unspecified atom stereocenters. The fourth-order valence-electron chi connectivity index (χ4n) is 3.22. The predicted octanol–water partition coefficient (Wildman–Crippen LogP) is 4.53. The van der Waals surface area contributed by atoms with Crippen molar-refractivity contribution in [1.29, 1.82) is 0 Å². The molecule has 2 N–H and O–H groups in total. The van der Waals surface area contributed by atoms with Gasteiger partial charge in [0.2, 0.25) is 5.91 Å². The number of hydrogen-bond acceptors (Lipinski definition) is 4. The van der Waals surface area contributed by atoms with E-state index in [1.165, 1.54) is 17.7 Å². The molecule has 158 valence electrons. The molecule has 2 aromatic rings. The first-order valence-corrected chi connectivity index (χ1v) is 11.9. The second-order valence-electron chi connectivity index (χ2n) is 7.93. The third-order valence-corrected chi connectivity index (χ3v) is 6.28. The van der Waals surface area contributed by atoms with Crippen molar-refractivity contribution in [3.8, 4) is 0 Å². The van der Waals surface area contributed by atoms with Gasteiger partial charge in [-0.25, -0.2) is 8.42 Å². The van der Waals surface area contributed by atoms with Crippen LogP contribution in [0.1, 0.15) is 57.2 Å². The number of anilines is 1. The summed E-state index contributed by atoms with van der Waals surface area (Å²) in [5.74, 6) is 0.631. The molecule has 2 atom stereocenters. The Morgan fingerprint density at radius 3 is 2.17 bits per heavy atom. The second-order valence-corrected chi connectivity index (χ2v) is 9.94. The Bertz CT molecular complexity index is 921. The zero-order valence-electron chi connectivity index (χ0n) is 17.9.